The van der Waals surface area contributed by atoms with Gasteiger partial charge in [0.2, 0.25) is 5.95 Å². The van der Waals surface area contributed by atoms with Gasteiger partial charge in [-0.25, -0.2) is 14.6 Å². The minimum atomic E-state index is -2.27. The fourth-order valence-corrected chi connectivity index (χ4v) is 0.943. The lowest BCUT2D eigenvalue weighted by molar-refractivity contribution is -0.165. The second-order valence-electron chi connectivity index (χ2n) is 3.58. The SMILES string of the molecule is NCCNc1ccnc(N)n1.O=C(O)[C@H](O)[C@@H](O)C(=O)O. The topological polar surface area (TPSA) is 205 Å². The van der Waals surface area contributed by atoms with Crippen LogP contribution in [-0.4, -0.2) is 67.6 Å². The highest BCUT2D eigenvalue weighted by Gasteiger charge is 2.29. The monoisotopic (exact) mass is 303 g/mol. The van der Waals surface area contributed by atoms with Crippen LogP contribution in [0.2, 0.25) is 0 Å². The van der Waals surface area contributed by atoms with E-state index in [0.717, 1.165) is 0 Å². The molecule has 0 fully saturated rings. The molecule has 0 aliphatic rings. The lowest BCUT2D eigenvalue weighted by Gasteiger charge is -2.07. The van der Waals surface area contributed by atoms with Gasteiger partial charge in [0.15, 0.2) is 12.2 Å². The molecule has 0 amide bonds. The maximum absolute atomic E-state index is 9.77. The van der Waals surface area contributed by atoms with Crippen molar-refractivity contribution in [2.45, 2.75) is 12.2 Å². The average Bonchev–Trinajstić information content (AvgIpc) is 2.44. The number of carboxylic acid groups (broad SMARTS) is 2. The van der Waals surface area contributed by atoms with Crippen molar-refractivity contribution in [1.29, 1.82) is 0 Å². The van der Waals surface area contributed by atoms with E-state index in [9.17, 15) is 9.59 Å². The molecule has 1 aromatic rings. The first kappa shape index (κ1) is 18.5. The molecule has 21 heavy (non-hydrogen) atoms. The van der Waals surface area contributed by atoms with Crippen LogP contribution >= 0.6 is 0 Å². The van der Waals surface area contributed by atoms with E-state index in [1.165, 1.54) is 0 Å². The van der Waals surface area contributed by atoms with Crippen molar-refractivity contribution in [2.24, 2.45) is 5.73 Å². The van der Waals surface area contributed by atoms with Gasteiger partial charge in [0.1, 0.15) is 5.82 Å². The zero-order chi connectivity index (χ0) is 16.4. The molecule has 11 heteroatoms. The van der Waals surface area contributed by atoms with Crippen molar-refractivity contribution in [2.75, 3.05) is 24.1 Å². The Morgan fingerprint density at radius 1 is 1.24 bits per heavy atom. The number of carboxylic acids is 2. The molecule has 0 aromatic carbocycles. The van der Waals surface area contributed by atoms with E-state index in [1.807, 2.05) is 0 Å². The predicted octanol–water partition coefficient (Wildman–Crippen LogP) is -2.69. The number of hydrogen-bond donors (Lipinski definition) is 7. The van der Waals surface area contributed by atoms with Crippen LogP contribution in [0.4, 0.5) is 11.8 Å². The molecule has 0 radical (unpaired) electrons. The van der Waals surface area contributed by atoms with Gasteiger partial charge in [0, 0.05) is 19.3 Å². The van der Waals surface area contributed by atoms with Gasteiger partial charge < -0.3 is 37.2 Å². The minimum absolute atomic E-state index is 0.270. The summed E-state index contributed by atoms with van der Waals surface area (Å²) in [7, 11) is 0. The molecule has 0 aliphatic carbocycles. The molecular weight excluding hydrogens is 286 g/mol. The van der Waals surface area contributed by atoms with Gasteiger partial charge >= 0.3 is 11.9 Å². The molecule has 11 nitrogen and oxygen atoms in total. The number of carbonyl (C=O) groups is 2. The highest BCUT2D eigenvalue weighted by Crippen LogP contribution is 2.00. The van der Waals surface area contributed by atoms with Gasteiger partial charge in [-0.1, -0.05) is 0 Å². The van der Waals surface area contributed by atoms with Crippen molar-refractivity contribution >= 4 is 23.7 Å². The van der Waals surface area contributed by atoms with Crippen LogP contribution in [0, 0.1) is 0 Å². The summed E-state index contributed by atoms with van der Waals surface area (Å²) in [5.41, 5.74) is 10.6. The Kier molecular flexibility index (Phi) is 8.29. The third kappa shape index (κ3) is 7.61. The zero-order valence-corrected chi connectivity index (χ0v) is 10.9. The number of anilines is 2. The lowest BCUT2D eigenvalue weighted by atomic mass is 10.2. The molecule has 1 rings (SSSR count). The third-order valence-electron chi connectivity index (χ3n) is 1.93. The van der Waals surface area contributed by atoms with Crippen molar-refractivity contribution in [3.8, 4) is 0 Å². The first-order valence-corrected chi connectivity index (χ1v) is 5.63. The van der Waals surface area contributed by atoms with E-state index in [0.29, 0.717) is 18.9 Å². The van der Waals surface area contributed by atoms with Crippen LogP contribution in [-0.2, 0) is 9.59 Å². The second-order valence-corrected chi connectivity index (χ2v) is 3.58. The van der Waals surface area contributed by atoms with Gasteiger partial charge in [-0.05, 0) is 6.07 Å². The summed E-state index contributed by atoms with van der Waals surface area (Å²) in [5.74, 6) is -2.56. The van der Waals surface area contributed by atoms with Crippen LogP contribution in [0.5, 0.6) is 0 Å². The smallest absolute Gasteiger partial charge is 0.335 e. The second kappa shape index (κ2) is 9.41. The molecular formula is C10H17N5O6. The fourth-order valence-electron chi connectivity index (χ4n) is 0.943. The van der Waals surface area contributed by atoms with E-state index in [1.54, 1.807) is 12.3 Å². The first-order valence-electron chi connectivity index (χ1n) is 5.63. The number of nitrogens with zero attached hydrogens (tertiary/aromatic N) is 2. The van der Waals surface area contributed by atoms with Gasteiger partial charge in [-0.3, -0.25) is 0 Å². The first-order chi connectivity index (χ1) is 9.79. The standard InChI is InChI=1S/C6H11N5.C4H6O6/c7-2-4-9-5-1-3-10-6(8)11-5;5-1(3(7)8)2(6)4(9)10/h1,3H,2,4,7H2,(H3,8,9,10,11);1-2,5-6H,(H,7,8)(H,9,10)/t;1-,2-/m.1/s1. The number of rotatable bonds is 6. The van der Waals surface area contributed by atoms with Crippen LogP contribution in [0.3, 0.4) is 0 Å². The van der Waals surface area contributed by atoms with Crippen LogP contribution < -0.4 is 16.8 Å². The van der Waals surface area contributed by atoms with Gasteiger partial charge in [-0.2, -0.15) is 4.98 Å². The van der Waals surface area contributed by atoms with Gasteiger partial charge in [-0.15, -0.1) is 0 Å². The lowest BCUT2D eigenvalue weighted by Crippen LogP contribution is -2.39. The van der Waals surface area contributed by atoms with Crippen molar-refractivity contribution in [1.82, 2.24) is 9.97 Å². The molecule has 0 saturated carbocycles. The number of aliphatic hydroxyl groups is 2. The Morgan fingerprint density at radius 3 is 2.14 bits per heavy atom. The Morgan fingerprint density at radius 2 is 1.76 bits per heavy atom. The van der Waals surface area contributed by atoms with Gasteiger partial charge in [0.25, 0.3) is 0 Å². The molecule has 118 valence electrons. The molecule has 0 spiro atoms. The van der Waals surface area contributed by atoms with E-state index < -0.39 is 24.1 Å². The Labute approximate surface area is 119 Å². The van der Waals surface area contributed by atoms with Crippen LogP contribution in [0.25, 0.3) is 0 Å². The highest BCUT2D eigenvalue weighted by atomic mass is 16.4. The maximum atomic E-state index is 9.77. The molecule has 0 aliphatic heterocycles. The number of aromatic nitrogens is 2. The zero-order valence-electron chi connectivity index (χ0n) is 10.9. The minimum Gasteiger partial charge on any atom is -0.479 e. The predicted molar refractivity (Wildman–Crippen MR) is 71.3 cm³/mol. The van der Waals surface area contributed by atoms with Crippen molar-refractivity contribution in [3.63, 3.8) is 0 Å². The van der Waals surface area contributed by atoms with E-state index in [-0.39, 0.29) is 5.95 Å². The highest BCUT2D eigenvalue weighted by molar-refractivity contribution is 5.83. The summed E-state index contributed by atoms with van der Waals surface area (Å²) in [6, 6.07) is 1.74. The van der Waals surface area contributed by atoms with E-state index in [4.69, 9.17) is 31.9 Å². The molecule has 0 saturated heterocycles. The normalized spacial score (nSPS) is 12.5. The number of nitrogens with two attached hydrogens (primary N) is 2. The van der Waals surface area contributed by atoms with E-state index >= 15 is 0 Å². The maximum Gasteiger partial charge on any atom is 0.335 e. The van der Waals surface area contributed by atoms with Crippen molar-refractivity contribution < 1.29 is 30.0 Å². The fraction of sp³-hybridized carbons (Fsp3) is 0.400. The Hall–Kier alpha value is -2.50. The van der Waals surface area contributed by atoms with Crippen molar-refractivity contribution in [3.05, 3.63) is 12.3 Å². The summed E-state index contributed by atoms with van der Waals surface area (Å²) in [6.45, 7) is 1.26. The summed E-state index contributed by atoms with van der Waals surface area (Å²) in [4.78, 5) is 27.2. The quantitative estimate of drug-likeness (QED) is 0.288. The number of aliphatic carboxylic acids is 2. The molecule has 1 aromatic heterocycles. The summed E-state index contributed by atoms with van der Waals surface area (Å²) >= 11 is 0. The number of nitrogens with one attached hydrogen (secondary N) is 1. The molecule has 2 atom stereocenters. The number of nitrogen functional groups attached to an aromatic ring is 1. The molecule has 1 heterocycles. The molecule has 9 N–H and O–H groups in total. The number of hydrogen-bond acceptors (Lipinski definition) is 9. The Balaban J connectivity index is 0.000000384. The number of aliphatic hydroxyl groups excluding tert-OH is 2. The van der Waals surface area contributed by atoms with Gasteiger partial charge in [0.05, 0.1) is 0 Å². The van der Waals surface area contributed by atoms with Crippen LogP contribution in [0.1, 0.15) is 0 Å². The van der Waals surface area contributed by atoms with E-state index in [2.05, 4.69) is 15.3 Å². The largest absolute Gasteiger partial charge is 0.479 e. The molecule has 0 bridgehead atoms. The average molecular weight is 303 g/mol. The Bertz CT molecular complexity index is 453. The summed E-state index contributed by atoms with van der Waals surface area (Å²) in [6.07, 6.45) is -2.93. The summed E-state index contributed by atoms with van der Waals surface area (Å²) in [5, 5.41) is 35.5. The molecule has 0 unspecified atom stereocenters. The van der Waals surface area contributed by atoms with Crippen LogP contribution in [0.15, 0.2) is 12.3 Å². The third-order valence-corrected chi connectivity index (χ3v) is 1.93. The summed E-state index contributed by atoms with van der Waals surface area (Å²) < 4.78 is 0.